The van der Waals surface area contributed by atoms with Crippen molar-refractivity contribution in [3.8, 4) is 0 Å². The number of methoxy groups -OCH3 is 1. The van der Waals surface area contributed by atoms with E-state index in [2.05, 4.69) is 5.32 Å². The number of esters is 1. The summed E-state index contributed by atoms with van der Waals surface area (Å²) in [5, 5.41) is 3.68. The van der Waals surface area contributed by atoms with Gasteiger partial charge in [-0.2, -0.15) is 13.2 Å². The first-order valence-corrected chi connectivity index (χ1v) is 12.1. The number of hydrogen-bond donors (Lipinski definition) is 1. The summed E-state index contributed by atoms with van der Waals surface area (Å²) in [6.45, 7) is 2.08. The Morgan fingerprint density at radius 1 is 1.18 bits per heavy atom. The fraction of sp³-hybridized carbons (Fsp3) is 0.680. The number of amides is 1. The molecule has 34 heavy (non-hydrogen) atoms. The van der Waals surface area contributed by atoms with Gasteiger partial charge in [-0.3, -0.25) is 9.59 Å². The molecular formula is C25H33F3N2O4. The molecular weight excluding hydrogens is 449 g/mol. The molecule has 4 rings (SSSR count). The summed E-state index contributed by atoms with van der Waals surface area (Å²) in [6, 6.07) is 4.32. The van der Waals surface area contributed by atoms with Crippen molar-refractivity contribution in [1.29, 1.82) is 0 Å². The van der Waals surface area contributed by atoms with E-state index in [1.165, 1.54) is 19.2 Å². The van der Waals surface area contributed by atoms with E-state index in [1.54, 1.807) is 4.90 Å². The number of carbonyl (C=O) groups excluding carboxylic acids is 2. The van der Waals surface area contributed by atoms with E-state index in [-0.39, 0.29) is 30.9 Å². The highest BCUT2D eigenvalue weighted by Gasteiger charge is 2.48. The van der Waals surface area contributed by atoms with Crippen LogP contribution in [0.5, 0.6) is 0 Å². The van der Waals surface area contributed by atoms with Crippen LogP contribution in [0.15, 0.2) is 18.2 Å². The van der Waals surface area contributed by atoms with Crippen molar-refractivity contribution in [2.24, 2.45) is 5.41 Å². The molecule has 9 heteroatoms. The lowest BCUT2D eigenvalue weighted by Gasteiger charge is -2.37. The molecule has 188 valence electrons. The minimum atomic E-state index is -4.42. The van der Waals surface area contributed by atoms with E-state index < -0.39 is 17.2 Å². The van der Waals surface area contributed by atoms with Crippen molar-refractivity contribution in [2.45, 2.75) is 76.2 Å². The summed E-state index contributed by atoms with van der Waals surface area (Å²) >= 11 is 0. The van der Waals surface area contributed by atoms with E-state index in [9.17, 15) is 22.8 Å². The average Bonchev–Trinajstić information content (AvgIpc) is 3.25. The minimum Gasteiger partial charge on any atom is -0.469 e. The number of benzene rings is 1. The van der Waals surface area contributed by atoms with Crippen LogP contribution in [0.25, 0.3) is 0 Å². The maximum Gasteiger partial charge on any atom is 0.416 e. The van der Waals surface area contributed by atoms with Crippen LogP contribution in [0.3, 0.4) is 0 Å². The molecule has 2 aliphatic heterocycles. The van der Waals surface area contributed by atoms with Gasteiger partial charge < -0.3 is 19.7 Å². The Balaban J connectivity index is 1.50. The number of fused-ring (bicyclic) bond motifs is 1. The van der Waals surface area contributed by atoms with Gasteiger partial charge in [0.1, 0.15) is 0 Å². The normalized spacial score (nSPS) is 25.8. The van der Waals surface area contributed by atoms with Gasteiger partial charge in [-0.25, -0.2) is 0 Å². The van der Waals surface area contributed by atoms with Crippen molar-refractivity contribution in [3.05, 3.63) is 34.9 Å². The van der Waals surface area contributed by atoms with Crippen LogP contribution in [0.4, 0.5) is 13.2 Å². The molecule has 2 heterocycles. The molecule has 1 saturated heterocycles. The number of alkyl halides is 3. The predicted octanol–water partition coefficient (Wildman–Crippen LogP) is 3.85. The predicted molar refractivity (Wildman–Crippen MR) is 119 cm³/mol. The molecule has 0 aromatic heterocycles. The van der Waals surface area contributed by atoms with Crippen LogP contribution in [0, 0.1) is 5.41 Å². The highest BCUT2D eigenvalue weighted by molar-refractivity contribution is 5.84. The van der Waals surface area contributed by atoms with Gasteiger partial charge in [0.2, 0.25) is 5.91 Å². The fourth-order valence-electron chi connectivity index (χ4n) is 5.68. The van der Waals surface area contributed by atoms with Crippen LogP contribution < -0.4 is 5.32 Å². The molecule has 2 atom stereocenters. The number of rotatable bonds is 6. The topological polar surface area (TPSA) is 67.9 Å². The van der Waals surface area contributed by atoms with E-state index >= 15 is 0 Å². The van der Waals surface area contributed by atoms with Crippen molar-refractivity contribution in [2.75, 3.05) is 26.9 Å². The third-order valence-corrected chi connectivity index (χ3v) is 7.62. The molecule has 2 fully saturated rings. The van der Waals surface area contributed by atoms with Crippen molar-refractivity contribution >= 4 is 11.9 Å². The molecule has 1 aromatic rings. The molecule has 1 aromatic carbocycles. The van der Waals surface area contributed by atoms with Gasteiger partial charge in [0.05, 0.1) is 18.1 Å². The Labute approximate surface area is 198 Å². The largest absolute Gasteiger partial charge is 0.469 e. The quantitative estimate of drug-likeness (QED) is 0.624. The molecule has 0 radical (unpaired) electrons. The molecule has 0 spiro atoms. The summed E-state index contributed by atoms with van der Waals surface area (Å²) in [7, 11) is 1.33. The molecule has 3 aliphatic rings. The number of nitrogens with zero attached hydrogens (tertiary/aromatic N) is 1. The second kappa shape index (κ2) is 10.2. The number of carbonyl (C=O) groups is 2. The maximum absolute atomic E-state index is 13.9. The second-order valence-electron chi connectivity index (χ2n) is 9.81. The van der Waals surface area contributed by atoms with Gasteiger partial charge in [-0.05, 0) is 68.2 Å². The maximum atomic E-state index is 13.9. The van der Waals surface area contributed by atoms with Gasteiger partial charge >= 0.3 is 12.1 Å². The first-order chi connectivity index (χ1) is 16.2. The van der Waals surface area contributed by atoms with Crippen LogP contribution in [-0.2, 0) is 38.2 Å². The molecule has 1 amide bonds. The zero-order valence-corrected chi connectivity index (χ0v) is 19.6. The van der Waals surface area contributed by atoms with Crippen LogP contribution in [0.1, 0.15) is 61.6 Å². The summed E-state index contributed by atoms with van der Waals surface area (Å²) in [5.41, 5.74) is -0.00278. The Morgan fingerprint density at radius 2 is 1.94 bits per heavy atom. The second-order valence-corrected chi connectivity index (χ2v) is 9.81. The smallest absolute Gasteiger partial charge is 0.416 e. The van der Waals surface area contributed by atoms with Crippen LogP contribution in [0.2, 0.25) is 0 Å². The number of nitrogens with one attached hydrogen (secondary N) is 1. The van der Waals surface area contributed by atoms with Gasteiger partial charge in [-0.15, -0.1) is 0 Å². The van der Waals surface area contributed by atoms with Crippen LogP contribution >= 0.6 is 0 Å². The Hall–Kier alpha value is -2.13. The number of ether oxygens (including phenoxy) is 2. The van der Waals surface area contributed by atoms with E-state index in [0.29, 0.717) is 43.8 Å². The van der Waals surface area contributed by atoms with Crippen LogP contribution in [-0.4, -0.2) is 55.7 Å². The fourth-order valence-corrected chi connectivity index (χ4v) is 5.68. The first-order valence-electron chi connectivity index (χ1n) is 12.1. The summed E-state index contributed by atoms with van der Waals surface area (Å²) in [6.07, 6.45) is 0.599. The van der Waals surface area contributed by atoms with E-state index in [1.807, 2.05) is 0 Å². The van der Waals surface area contributed by atoms with Gasteiger partial charge in [0.15, 0.2) is 0 Å². The third kappa shape index (κ3) is 5.57. The van der Waals surface area contributed by atoms with Crippen molar-refractivity contribution in [3.63, 3.8) is 0 Å². The number of hydrogen-bond acceptors (Lipinski definition) is 5. The Bertz CT molecular complexity index is 901. The SMILES string of the molecule is COC(=O)CC[C@]1(C(=O)N2CCc3ccc(C(F)(F)F)cc3C2)CC[C@@H](NC2CCOCC2)C1. The molecule has 6 nitrogen and oxygen atoms in total. The highest BCUT2D eigenvalue weighted by Crippen LogP contribution is 2.45. The summed E-state index contributed by atoms with van der Waals surface area (Å²) in [5.74, 6) is -0.414. The molecule has 0 bridgehead atoms. The molecule has 1 saturated carbocycles. The van der Waals surface area contributed by atoms with Gasteiger partial charge in [-0.1, -0.05) is 6.07 Å². The van der Waals surface area contributed by atoms with Gasteiger partial charge in [0, 0.05) is 44.8 Å². The third-order valence-electron chi connectivity index (χ3n) is 7.62. The molecule has 1 N–H and O–H groups in total. The van der Waals surface area contributed by atoms with E-state index in [0.717, 1.165) is 44.1 Å². The first kappa shape index (κ1) is 25.0. The summed E-state index contributed by atoms with van der Waals surface area (Å²) < 4.78 is 49.9. The Morgan fingerprint density at radius 3 is 2.65 bits per heavy atom. The minimum absolute atomic E-state index is 0.0595. The zero-order chi connectivity index (χ0) is 24.3. The zero-order valence-electron chi connectivity index (χ0n) is 19.6. The number of halogens is 3. The standard InChI is InChI=1S/C25H33F3N2O4/c1-33-22(31)5-10-24(9-4-21(15-24)29-20-7-12-34-13-8-20)23(32)30-11-6-17-2-3-19(25(26,27)28)14-18(17)16-30/h2-3,14,20-21,29H,4-13,15-16H2,1H3/t21-,24-/m1/s1. The highest BCUT2D eigenvalue weighted by atomic mass is 19.4. The van der Waals surface area contributed by atoms with Crippen molar-refractivity contribution in [1.82, 2.24) is 10.2 Å². The lowest BCUT2D eigenvalue weighted by molar-refractivity contribution is -0.146. The van der Waals surface area contributed by atoms with Gasteiger partial charge in [0.25, 0.3) is 0 Å². The van der Waals surface area contributed by atoms with Crippen molar-refractivity contribution < 1.29 is 32.2 Å². The monoisotopic (exact) mass is 482 g/mol. The lowest BCUT2D eigenvalue weighted by atomic mass is 9.79. The average molecular weight is 483 g/mol. The van der Waals surface area contributed by atoms with E-state index in [4.69, 9.17) is 9.47 Å². The lowest BCUT2D eigenvalue weighted by Crippen LogP contribution is -2.47. The molecule has 1 aliphatic carbocycles. The summed E-state index contributed by atoms with van der Waals surface area (Å²) in [4.78, 5) is 27.5. The molecule has 0 unspecified atom stereocenters. The Kier molecular flexibility index (Phi) is 7.52.